The molecule has 2 atom stereocenters. The third-order valence-electron chi connectivity index (χ3n) is 8.26. The zero-order chi connectivity index (χ0) is 29.3. The largest absolute Gasteiger partial charge is 0.494 e. The molecule has 5 aromatic rings. The SMILES string of the molecule is CCC(c1ccccc1)N1c2ccccc2C=C(OCCN(Cc2ccccc2)Cc2ccccc2)[C@@H]1c1ccccc1. The fraction of sp³-hybridized carbons (Fsp3) is 0.200. The van der Waals surface area contributed by atoms with Crippen LogP contribution in [0.2, 0.25) is 0 Å². The molecule has 0 saturated carbocycles. The van der Waals surface area contributed by atoms with Crippen LogP contribution in [0, 0.1) is 0 Å². The lowest BCUT2D eigenvalue weighted by Crippen LogP contribution is -2.37. The summed E-state index contributed by atoms with van der Waals surface area (Å²) in [7, 11) is 0. The van der Waals surface area contributed by atoms with Crippen LogP contribution in [0.4, 0.5) is 5.69 Å². The average Bonchev–Trinajstić information content (AvgIpc) is 3.07. The van der Waals surface area contributed by atoms with Gasteiger partial charge in [-0.2, -0.15) is 0 Å². The van der Waals surface area contributed by atoms with Crippen LogP contribution in [0.25, 0.3) is 6.08 Å². The van der Waals surface area contributed by atoms with Gasteiger partial charge in [-0.25, -0.2) is 0 Å². The van der Waals surface area contributed by atoms with Crippen molar-refractivity contribution < 1.29 is 4.74 Å². The van der Waals surface area contributed by atoms with Crippen LogP contribution >= 0.6 is 0 Å². The summed E-state index contributed by atoms with van der Waals surface area (Å²) in [5.74, 6) is 0.999. The van der Waals surface area contributed by atoms with Crippen molar-refractivity contribution in [3.05, 3.63) is 179 Å². The zero-order valence-electron chi connectivity index (χ0n) is 24.9. The van der Waals surface area contributed by atoms with Crippen LogP contribution in [0.15, 0.2) is 151 Å². The molecule has 1 heterocycles. The Balaban J connectivity index is 1.31. The standard InChI is InChI=1S/C40H40N2O/c1-2-37(34-21-11-5-12-22-34)42-38-26-16-15-25-36(38)29-39(40(42)35-23-13-6-14-24-35)43-28-27-41(30-32-17-7-3-8-18-32)31-33-19-9-4-10-20-33/h3-26,29,37,40H,2,27-28,30-31H2,1H3/t37?,40-/m0/s1. The summed E-state index contributed by atoms with van der Waals surface area (Å²) < 4.78 is 6.85. The minimum absolute atomic E-state index is 0.0297. The van der Waals surface area contributed by atoms with Gasteiger partial charge in [0.05, 0.1) is 6.04 Å². The van der Waals surface area contributed by atoms with Crippen molar-refractivity contribution >= 4 is 11.8 Å². The molecule has 3 nitrogen and oxygen atoms in total. The van der Waals surface area contributed by atoms with Crippen molar-refractivity contribution in [1.29, 1.82) is 0 Å². The Hall–Kier alpha value is -4.60. The van der Waals surface area contributed by atoms with E-state index < -0.39 is 0 Å². The van der Waals surface area contributed by atoms with Crippen molar-refractivity contribution in [3.63, 3.8) is 0 Å². The highest BCUT2D eigenvalue weighted by Gasteiger charge is 2.35. The predicted octanol–water partition coefficient (Wildman–Crippen LogP) is 9.46. The molecule has 0 spiro atoms. The van der Waals surface area contributed by atoms with E-state index in [2.05, 4.69) is 168 Å². The van der Waals surface area contributed by atoms with E-state index >= 15 is 0 Å². The van der Waals surface area contributed by atoms with Crippen molar-refractivity contribution in [2.45, 2.75) is 38.5 Å². The smallest absolute Gasteiger partial charge is 0.124 e. The lowest BCUT2D eigenvalue weighted by molar-refractivity contribution is 0.138. The number of fused-ring (bicyclic) bond motifs is 1. The molecule has 0 bridgehead atoms. The monoisotopic (exact) mass is 564 g/mol. The second kappa shape index (κ2) is 14.0. The Bertz CT molecular complexity index is 1540. The van der Waals surface area contributed by atoms with Gasteiger partial charge in [0.15, 0.2) is 0 Å². The van der Waals surface area contributed by atoms with Crippen LogP contribution in [0.3, 0.4) is 0 Å². The second-order valence-electron chi connectivity index (χ2n) is 11.2. The van der Waals surface area contributed by atoms with E-state index in [1.54, 1.807) is 0 Å². The Morgan fingerprint density at radius 2 is 1.19 bits per heavy atom. The minimum Gasteiger partial charge on any atom is -0.494 e. The molecule has 1 aliphatic rings. The quantitative estimate of drug-likeness (QED) is 0.150. The molecule has 43 heavy (non-hydrogen) atoms. The number of nitrogens with zero attached hydrogens (tertiary/aromatic N) is 2. The number of ether oxygens (including phenoxy) is 1. The maximum Gasteiger partial charge on any atom is 0.124 e. The molecular formula is C40H40N2O. The van der Waals surface area contributed by atoms with E-state index in [1.807, 2.05) is 0 Å². The van der Waals surface area contributed by atoms with Crippen molar-refractivity contribution in [1.82, 2.24) is 4.90 Å². The normalized spacial score (nSPS) is 15.1. The molecule has 0 fully saturated rings. The third kappa shape index (κ3) is 6.90. The molecule has 5 aromatic carbocycles. The Morgan fingerprint density at radius 3 is 1.79 bits per heavy atom. The molecule has 0 aromatic heterocycles. The van der Waals surface area contributed by atoms with E-state index in [0.717, 1.165) is 31.8 Å². The molecule has 1 unspecified atom stereocenters. The van der Waals surface area contributed by atoms with Crippen LogP contribution in [0.1, 0.15) is 53.2 Å². The van der Waals surface area contributed by atoms with Crippen molar-refractivity contribution in [2.24, 2.45) is 0 Å². The van der Waals surface area contributed by atoms with Gasteiger partial charge in [-0.3, -0.25) is 4.90 Å². The lowest BCUT2D eigenvalue weighted by Gasteiger charge is -2.44. The zero-order valence-corrected chi connectivity index (χ0v) is 24.9. The van der Waals surface area contributed by atoms with Gasteiger partial charge < -0.3 is 9.64 Å². The van der Waals surface area contributed by atoms with Gasteiger partial charge in [-0.1, -0.05) is 146 Å². The average molecular weight is 565 g/mol. The van der Waals surface area contributed by atoms with E-state index in [9.17, 15) is 0 Å². The first-order chi connectivity index (χ1) is 21.3. The first-order valence-electron chi connectivity index (χ1n) is 15.4. The van der Waals surface area contributed by atoms with Crippen molar-refractivity contribution in [2.75, 3.05) is 18.1 Å². The molecule has 0 radical (unpaired) electrons. The Morgan fingerprint density at radius 1 is 0.651 bits per heavy atom. The summed E-state index contributed by atoms with van der Waals surface area (Å²) in [6.45, 7) is 5.46. The second-order valence-corrected chi connectivity index (χ2v) is 11.2. The molecular weight excluding hydrogens is 524 g/mol. The number of hydrogen-bond donors (Lipinski definition) is 0. The number of hydrogen-bond acceptors (Lipinski definition) is 3. The molecule has 0 amide bonds. The summed E-state index contributed by atoms with van der Waals surface area (Å²) in [4.78, 5) is 5.07. The van der Waals surface area contributed by atoms with Gasteiger partial charge in [-0.15, -0.1) is 0 Å². The predicted molar refractivity (Wildman–Crippen MR) is 179 cm³/mol. The van der Waals surface area contributed by atoms with Gasteiger partial charge in [0.1, 0.15) is 18.4 Å². The Kier molecular flexibility index (Phi) is 9.31. The van der Waals surface area contributed by atoms with E-state index in [1.165, 1.54) is 33.5 Å². The fourth-order valence-electron chi connectivity index (χ4n) is 6.24. The minimum atomic E-state index is -0.0297. The lowest BCUT2D eigenvalue weighted by atomic mass is 9.90. The summed E-state index contributed by atoms with van der Waals surface area (Å²) in [5, 5.41) is 0. The molecule has 6 rings (SSSR count). The molecule has 3 heteroatoms. The maximum atomic E-state index is 6.85. The fourth-order valence-corrected chi connectivity index (χ4v) is 6.24. The first kappa shape index (κ1) is 28.5. The number of rotatable bonds is 12. The van der Waals surface area contributed by atoms with E-state index in [0.29, 0.717) is 6.61 Å². The highest BCUT2D eigenvalue weighted by atomic mass is 16.5. The highest BCUT2D eigenvalue weighted by molar-refractivity contribution is 5.75. The van der Waals surface area contributed by atoms with Gasteiger partial charge in [0.25, 0.3) is 0 Å². The maximum absolute atomic E-state index is 6.85. The van der Waals surface area contributed by atoms with Gasteiger partial charge in [-0.05, 0) is 40.8 Å². The summed E-state index contributed by atoms with van der Waals surface area (Å²) in [5.41, 5.74) is 7.62. The molecule has 1 aliphatic heterocycles. The molecule has 0 aliphatic carbocycles. The first-order valence-corrected chi connectivity index (χ1v) is 15.4. The molecule has 216 valence electrons. The van der Waals surface area contributed by atoms with Crippen LogP contribution in [-0.2, 0) is 17.8 Å². The van der Waals surface area contributed by atoms with Gasteiger partial charge in [0, 0.05) is 30.9 Å². The topological polar surface area (TPSA) is 15.7 Å². The number of anilines is 1. The van der Waals surface area contributed by atoms with E-state index in [-0.39, 0.29) is 12.1 Å². The molecule has 0 saturated heterocycles. The van der Waals surface area contributed by atoms with Crippen LogP contribution in [-0.4, -0.2) is 18.1 Å². The number of benzene rings is 5. The highest BCUT2D eigenvalue weighted by Crippen LogP contribution is 2.46. The van der Waals surface area contributed by atoms with Gasteiger partial charge >= 0.3 is 0 Å². The third-order valence-corrected chi connectivity index (χ3v) is 8.26. The Labute approximate surface area is 256 Å². The summed E-state index contributed by atoms with van der Waals surface area (Å²) in [6, 6.07) is 52.1. The van der Waals surface area contributed by atoms with Crippen molar-refractivity contribution in [3.8, 4) is 0 Å². The number of para-hydroxylation sites is 1. The summed E-state index contributed by atoms with van der Waals surface area (Å²) >= 11 is 0. The molecule has 0 N–H and O–H groups in total. The van der Waals surface area contributed by atoms with Crippen LogP contribution < -0.4 is 4.90 Å². The van der Waals surface area contributed by atoms with Crippen LogP contribution in [0.5, 0.6) is 0 Å². The summed E-state index contributed by atoms with van der Waals surface area (Å²) in [6.07, 6.45) is 3.25. The van der Waals surface area contributed by atoms with E-state index in [4.69, 9.17) is 4.74 Å². The van der Waals surface area contributed by atoms with Gasteiger partial charge in [0.2, 0.25) is 0 Å².